The van der Waals surface area contributed by atoms with E-state index >= 15 is 0 Å². The molecule has 0 aliphatic carbocycles. The van der Waals surface area contributed by atoms with Crippen molar-refractivity contribution >= 4 is 33.4 Å². The molecule has 1 unspecified atom stereocenters. The largest absolute Gasteiger partial charge is 0.352 e. The van der Waals surface area contributed by atoms with E-state index in [1.54, 1.807) is 4.90 Å². The average Bonchev–Trinajstić information content (AvgIpc) is 2.91. The van der Waals surface area contributed by atoms with Crippen LogP contribution in [0, 0.1) is 5.92 Å². The van der Waals surface area contributed by atoms with Gasteiger partial charge in [0.05, 0.1) is 11.6 Å². The number of para-hydroxylation sites is 1. The predicted molar refractivity (Wildman–Crippen MR) is 88.6 cm³/mol. The van der Waals surface area contributed by atoms with E-state index in [9.17, 15) is 9.59 Å². The zero-order valence-electron chi connectivity index (χ0n) is 12.3. The number of hydrogen-bond donors (Lipinski definition) is 2. The zero-order valence-corrected chi connectivity index (χ0v) is 13.9. The van der Waals surface area contributed by atoms with Gasteiger partial charge in [0, 0.05) is 30.0 Å². The molecule has 2 amide bonds. The number of rotatable bonds is 3. The average molecular weight is 366 g/mol. The summed E-state index contributed by atoms with van der Waals surface area (Å²) in [5, 5.41) is 6.36. The number of nitrogens with zero attached hydrogens (tertiary/aromatic N) is 1. The van der Waals surface area contributed by atoms with E-state index in [0.717, 1.165) is 36.1 Å². The first-order valence-electron chi connectivity index (χ1n) is 7.71. The molecule has 0 radical (unpaired) electrons. The Morgan fingerprint density at radius 1 is 1.36 bits per heavy atom. The number of piperidine rings is 1. The minimum Gasteiger partial charge on any atom is -0.352 e. The van der Waals surface area contributed by atoms with Gasteiger partial charge < -0.3 is 15.5 Å². The van der Waals surface area contributed by atoms with E-state index in [1.165, 1.54) is 0 Å². The van der Waals surface area contributed by atoms with Gasteiger partial charge in [0.25, 0.3) is 0 Å². The lowest BCUT2D eigenvalue weighted by molar-refractivity contribution is -0.127. The van der Waals surface area contributed by atoms with Gasteiger partial charge in [-0.25, -0.2) is 0 Å². The highest BCUT2D eigenvalue weighted by Crippen LogP contribution is 2.31. The Bertz CT molecular complexity index is 572. The maximum absolute atomic E-state index is 12.4. The molecule has 118 valence electrons. The molecule has 22 heavy (non-hydrogen) atoms. The minimum atomic E-state index is -0.262. The molecule has 1 aromatic carbocycles. The van der Waals surface area contributed by atoms with Crippen LogP contribution in [0.15, 0.2) is 28.7 Å². The summed E-state index contributed by atoms with van der Waals surface area (Å²) in [5.41, 5.74) is 0.835. The van der Waals surface area contributed by atoms with E-state index in [4.69, 9.17) is 0 Å². The highest BCUT2D eigenvalue weighted by molar-refractivity contribution is 9.10. The van der Waals surface area contributed by atoms with Crippen molar-refractivity contribution in [3.8, 4) is 0 Å². The van der Waals surface area contributed by atoms with Crippen molar-refractivity contribution in [2.45, 2.75) is 25.3 Å². The van der Waals surface area contributed by atoms with Gasteiger partial charge in [-0.2, -0.15) is 0 Å². The summed E-state index contributed by atoms with van der Waals surface area (Å²) in [5.74, 6) is -0.257. The van der Waals surface area contributed by atoms with E-state index in [2.05, 4.69) is 26.6 Å². The lowest BCUT2D eigenvalue weighted by atomic mass is 10.0. The van der Waals surface area contributed by atoms with E-state index < -0.39 is 0 Å². The van der Waals surface area contributed by atoms with Crippen LogP contribution in [-0.4, -0.2) is 37.5 Å². The van der Waals surface area contributed by atoms with Gasteiger partial charge in [-0.3, -0.25) is 9.59 Å². The van der Waals surface area contributed by atoms with Gasteiger partial charge in [0.15, 0.2) is 0 Å². The molecule has 0 spiro atoms. The smallest absolute Gasteiger partial charge is 0.227 e. The normalized spacial score (nSPS) is 25.3. The van der Waals surface area contributed by atoms with Gasteiger partial charge in [-0.05, 0) is 47.4 Å². The third-order valence-electron chi connectivity index (χ3n) is 4.28. The fourth-order valence-corrected chi connectivity index (χ4v) is 3.58. The van der Waals surface area contributed by atoms with Gasteiger partial charge >= 0.3 is 0 Å². The van der Waals surface area contributed by atoms with Crippen molar-refractivity contribution < 1.29 is 9.59 Å². The highest BCUT2D eigenvalue weighted by Gasteiger charge is 2.36. The van der Waals surface area contributed by atoms with Crippen molar-refractivity contribution in [2.75, 3.05) is 24.5 Å². The summed E-state index contributed by atoms with van der Waals surface area (Å²) in [7, 11) is 0. The zero-order chi connectivity index (χ0) is 15.5. The minimum absolute atomic E-state index is 0.00314. The van der Waals surface area contributed by atoms with E-state index in [0.29, 0.717) is 6.54 Å². The lowest BCUT2D eigenvalue weighted by Crippen LogP contribution is -2.47. The van der Waals surface area contributed by atoms with Crippen LogP contribution in [0.3, 0.4) is 0 Å². The number of hydrogen-bond acceptors (Lipinski definition) is 3. The summed E-state index contributed by atoms with van der Waals surface area (Å²) in [4.78, 5) is 26.3. The Balaban J connectivity index is 1.64. The molecule has 2 aliphatic rings. The Kier molecular flexibility index (Phi) is 4.78. The third kappa shape index (κ3) is 3.33. The molecule has 0 saturated carbocycles. The summed E-state index contributed by atoms with van der Waals surface area (Å²) in [6.45, 7) is 2.29. The fourth-order valence-electron chi connectivity index (χ4n) is 3.08. The number of amides is 2. The predicted octanol–water partition coefficient (Wildman–Crippen LogP) is 1.67. The molecule has 2 aliphatic heterocycles. The number of benzene rings is 1. The van der Waals surface area contributed by atoms with Crippen LogP contribution >= 0.6 is 15.9 Å². The van der Waals surface area contributed by atoms with Crippen LogP contribution in [0.1, 0.15) is 19.3 Å². The summed E-state index contributed by atoms with van der Waals surface area (Å²) in [6.07, 6.45) is 2.37. The maximum Gasteiger partial charge on any atom is 0.227 e. The number of carbonyl (C=O) groups is 2. The summed E-state index contributed by atoms with van der Waals surface area (Å²) < 4.78 is 0.876. The van der Waals surface area contributed by atoms with Crippen LogP contribution < -0.4 is 15.5 Å². The molecule has 2 atom stereocenters. The molecule has 2 N–H and O–H groups in total. The van der Waals surface area contributed by atoms with Crippen LogP contribution in [0.5, 0.6) is 0 Å². The van der Waals surface area contributed by atoms with Crippen LogP contribution in [-0.2, 0) is 9.59 Å². The molecule has 3 rings (SSSR count). The monoisotopic (exact) mass is 365 g/mol. The van der Waals surface area contributed by atoms with Crippen LogP contribution in [0.4, 0.5) is 5.69 Å². The lowest BCUT2D eigenvalue weighted by Gasteiger charge is -2.25. The number of halogens is 1. The molecule has 2 heterocycles. The maximum atomic E-state index is 12.4. The Hall–Kier alpha value is -1.40. The molecule has 2 fully saturated rings. The first-order valence-corrected chi connectivity index (χ1v) is 8.50. The molecule has 6 heteroatoms. The summed E-state index contributed by atoms with van der Waals surface area (Å²) in [6, 6.07) is 7.80. The van der Waals surface area contributed by atoms with Crippen molar-refractivity contribution in [3.05, 3.63) is 28.7 Å². The van der Waals surface area contributed by atoms with E-state index in [1.807, 2.05) is 24.3 Å². The topological polar surface area (TPSA) is 61.4 Å². The van der Waals surface area contributed by atoms with Crippen molar-refractivity contribution in [2.24, 2.45) is 5.92 Å². The molecule has 0 bridgehead atoms. The van der Waals surface area contributed by atoms with Gasteiger partial charge in [0.1, 0.15) is 0 Å². The van der Waals surface area contributed by atoms with Gasteiger partial charge in [-0.1, -0.05) is 12.1 Å². The van der Waals surface area contributed by atoms with Gasteiger partial charge in [-0.15, -0.1) is 0 Å². The Morgan fingerprint density at radius 3 is 2.91 bits per heavy atom. The standard InChI is InChI=1S/C16H20BrN3O2/c17-13-5-1-2-6-14(13)20-10-11(8-15(20)21)16(22)19-12-4-3-7-18-9-12/h1-2,5-6,11-12,18H,3-4,7-10H2,(H,19,22)/t11?,12-/m0/s1. The van der Waals surface area contributed by atoms with Gasteiger partial charge in [0.2, 0.25) is 11.8 Å². The molecule has 1 aromatic rings. The summed E-state index contributed by atoms with van der Waals surface area (Å²) >= 11 is 3.47. The Labute approximate surface area is 138 Å². The first-order chi connectivity index (χ1) is 10.6. The fraction of sp³-hybridized carbons (Fsp3) is 0.500. The van der Waals surface area contributed by atoms with Crippen LogP contribution in [0.25, 0.3) is 0 Å². The molecule has 2 saturated heterocycles. The quantitative estimate of drug-likeness (QED) is 0.856. The first kappa shape index (κ1) is 15.5. The molecular weight excluding hydrogens is 346 g/mol. The molecule has 0 aromatic heterocycles. The van der Waals surface area contributed by atoms with Crippen molar-refractivity contribution in [1.29, 1.82) is 0 Å². The second-order valence-corrected chi connectivity index (χ2v) is 6.76. The second kappa shape index (κ2) is 6.79. The molecule has 5 nitrogen and oxygen atoms in total. The number of carbonyl (C=O) groups excluding carboxylic acids is 2. The third-order valence-corrected chi connectivity index (χ3v) is 4.95. The van der Waals surface area contributed by atoms with Crippen LogP contribution in [0.2, 0.25) is 0 Å². The Morgan fingerprint density at radius 2 is 2.18 bits per heavy atom. The SMILES string of the molecule is O=C(N[C@H]1CCCNC1)C1CC(=O)N(c2ccccc2Br)C1. The van der Waals surface area contributed by atoms with Crippen molar-refractivity contribution in [3.63, 3.8) is 0 Å². The number of anilines is 1. The number of nitrogens with one attached hydrogen (secondary N) is 2. The molecular formula is C16H20BrN3O2. The van der Waals surface area contributed by atoms with E-state index in [-0.39, 0.29) is 30.2 Å². The van der Waals surface area contributed by atoms with Crippen molar-refractivity contribution in [1.82, 2.24) is 10.6 Å². The highest BCUT2D eigenvalue weighted by atomic mass is 79.9. The second-order valence-electron chi connectivity index (χ2n) is 5.91.